The Morgan fingerprint density at radius 2 is 1.65 bits per heavy atom. The number of aromatic amines is 1. The number of imidazole rings is 1. The van der Waals surface area contributed by atoms with E-state index in [2.05, 4.69) is 53.3 Å². The third kappa shape index (κ3) is 13.3. The van der Waals surface area contributed by atoms with E-state index in [9.17, 15) is 14.9 Å². The van der Waals surface area contributed by atoms with Gasteiger partial charge in [-0.25, -0.2) is 9.97 Å². The van der Waals surface area contributed by atoms with Gasteiger partial charge in [-0.1, -0.05) is 56.2 Å². The molecule has 1 aromatic rings. The second-order valence-electron chi connectivity index (χ2n) is 7.47. The van der Waals surface area contributed by atoms with Crippen LogP contribution in [0, 0.1) is 17.0 Å². The maximum atomic E-state index is 11.8. The number of nitrogens with one attached hydrogen (secondary N) is 1. The summed E-state index contributed by atoms with van der Waals surface area (Å²) in [7, 11) is 0. The second-order valence-corrected chi connectivity index (χ2v) is 7.47. The first kappa shape index (κ1) is 26.3. The van der Waals surface area contributed by atoms with Crippen LogP contribution in [0.4, 0.5) is 5.82 Å². The van der Waals surface area contributed by atoms with Gasteiger partial charge in [0.1, 0.15) is 5.69 Å². The van der Waals surface area contributed by atoms with Crippen LogP contribution in [0.25, 0.3) is 0 Å². The van der Waals surface area contributed by atoms with Gasteiger partial charge in [0.05, 0.1) is 6.61 Å². The topological polar surface area (TPSA) is 98.1 Å². The van der Waals surface area contributed by atoms with Crippen LogP contribution in [-0.4, -0.2) is 27.5 Å². The third-order valence-corrected chi connectivity index (χ3v) is 4.68. The van der Waals surface area contributed by atoms with Gasteiger partial charge in [-0.2, -0.15) is 0 Å². The Kier molecular flexibility index (Phi) is 14.5. The number of unbranched alkanes of at least 4 members (excludes halogenated alkanes) is 5. The van der Waals surface area contributed by atoms with Gasteiger partial charge in [-0.3, -0.25) is 4.79 Å². The van der Waals surface area contributed by atoms with E-state index in [1.54, 1.807) is 6.92 Å². The Balaban J connectivity index is 2.02. The number of carbonyl (C=O) groups excluding carboxylic acids is 1. The zero-order valence-electron chi connectivity index (χ0n) is 19.0. The van der Waals surface area contributed by atoms with Crippen LogP contribution in [0.5, 0.6) is 0 Å². The van der Waals surface area contributed by atoms with Crippen molar-refractivity contribution in [3.8, 4) is 0 Å². The van der Waals surface area contributed by atoms with Gasteiger partial charge in [0.15, 0.2) is 5.82 Å². The highest BCUT2D eigenvalue weighted by Crippen LogP contribution is 2.15. The van der Waals surface area contributed by atoms with Gasteiger partial charge >= 0.3 is 11.8 Å². The lowest BCUT2D eigenvalue weighted by atomic mass is 10.1. The highest BCUT2D eigenvalue weighted by molar-refractivity contribution is 5.69. The van der Waals surface area contributed by atoms with Crippen LogP contribution in [-0.2, 0) is 16.0 Å². The molecule has 0 bridgehead atoms. The number of nitro groups is 1. The molecule has 0 aromatic carbocycles. The van der Waals surface area contributed by atoms with Crippen molar-refractivity contribution in [2.24, 2.45) is 0 Å². The van der Waals surface area contributed by atoms with E-state index < -0.39 is 4.92 Å². The Morgan fingerprint density at radius 1 is 1.03 bits per heavy atom. The first-order valence-electron chi connectivity index (χ1n) is 11.3. The number of nitrogens with zero attached hydrogens (tertiary/aromatic N) is 2. The first-order chi connectivity index (χ1) is 15.0. The third-order valence-electron chi connectivity index (χ3n) is 4.68. The number of allylic oxidation sites excluding steroid dienone is 6. The normalized spacial score (nSPS) is 11.8. The van der Waals surface area contributed by atoms with E-state index in [4.69, 9.17) is 4.74 Å². The average molecular weight is 432 g/mol. The van der Waals surface area contributed by atoms with Gasteiger partial charge < -0.3 is 14.9 Å². The molecule has 0 spiro atoms. The van der Waals surface area contributed by atoms with Crippen molar-refractivity contribution in [2.45, 2.75) is 84.5 Å². The van der Waals surface area contributed by atoms with Gasteiger partial charge in [0, 0.05) is 19.8 Å². The molecule has 7 nitrogen and oxygen atoms in total. The molecule has 7 heteroatoms. The first-order valence-corrected chi connectivity index (χ1v) is 11.3. The van der Waals surface area contributed by atoms with Crippen molar-refractivity contribution in [3.05, 3.63) is 58.1 Å². The zero-order chi connectivity index (χ0) is 22.7. The minimum absolute atomic E-state index is 0.101. The molecule has 0 radical (unpaired) electrons. The number of carbonyl (C=O) groups is 1. The quantitative estimate of drug-likeness (QED) is 0.103. The molecule has 0 aliphatic carbocycles. The van der Waals surface area contributed by atoms with Crippen molar-refractivity contribution < 1.29 is 14.5 Å². The van der Waals surface area contributed by atoms with Gasteiger partial charge in [0.25, 0.3) is 0 Å². The number of H-pyrrole nitrogens is 1. The summed E-state index contributed by atoms with van der Waals surface area (Å²) in [6.07, 6.45) is 23.4. The van der Waals surface area contributed by atoms with Crippen LogP contribution in [0.3, 0.4) is 0 Å². The molecule has 0 atom stereocenters. The molecular formula is C24H37N3O4. The van der Waals surface area contributed by atoms with E-state index in [-0.39, 0.29) is 24.8 Å². The Morgan fingerprint density at radius 3 is 2.26 bits per heavy atom. The minimum Gasteiger partial charge on any atom is -0.465 e. The van der Waals surface area contributed by atoms with Gasteiger partial charge in [0.2, 0.25) is 0 Å². The Labute approximate surface area is 185 Å². The summed E-state index contributed by atoms with van der Waals surface area (Å²) in [5.74, 6) is 0.0739. The highest BCUT2D eigenvalue weighted by atomic mass is 16.6. The molecule has 0 fully saturated rings. The van der Waals surface area contributed by atoms with Crippen molar-refractivity contribution in [1.82, 2.24) is 9.97 Å². The molecule has 172 valence electrons. The predicted molar refractivity (Wildman–Crippen MR) is 124 cm³/mol. The van der Waals surface area contributed by atoms with Crippen molar-refractivity contribution >= 4 is 11.8 Å². The van der Waals surface area contributed by atoms with E-state index >= 15 is 0 Å². The number of esters is 1. The minimum atomic E-state index is -0.507. The number of aryl methyl sites for hydroxylation is 1. The predicted octanol–water partition coefficient (Wildman–Crippen LogP) is 6.30. The van der Waals surface area contributed by atoms with E-state index in [0.29, 0.717) is 17.9 Å². The van der Waals surface area contributed by atoms with E-state index in [0.717, 1.165) is 32.1 Å². The smallest absolute Gasteiger partial charge is 0.344 e. The standard InChI is InChI=1S/C24H37N3O4/c1-3-4-5-6-7-8-9-10-11-12-13-14-15-16-17-18-23(28)31-20-19-22-24(27(29)30)26-21(2)25-22/h7-8,10-11,13-14H,3-6,9,12,15-20H2,1-2H3,(H,25,26)/b8-7-,11-10-,14-13-. The molecule has 1 aromatic heterocycles. The molecule has 0 aliphatic rings. The average Bonchev–Trinajstić information content (AvgIpc) is 3.11. The maximum Gasteiger partial charge on any atom is 0.344 e. The molecule has 0 saturated heterocycles. The summed E-state index contributed by atoms with van der Waals surface area (Å²) < 4.78 is 5.16. The van der Waals surface area contributed by atoms with Gasteiger partial charge in [-0.05, 0) is 49.9 Å². The summed E-state index contributed by atoms with van der Waals surface area (Å²) in [6, 6.07) is 0. The molecular weight excluding hydrogens is 394 g/mol. The summed E-state index contributed by atoms with van der Waals surface area (Å²) in [5, 5.41) is 10.9. The second kappa shape index (κ2) is 17.0. The zero-order valence-corrected chi connectivity index (χ0v) is 19.0. The lowest BCUT2D eigenvalue weighted by Crippen LogP contribution is -2.08. The summed E-state index contributed by atoms with van der Waals surface area (Å²) >= 11 is 0. The van der Waals surface area contributed by atoms with Crippen molar-refractivity contribution in [3.63, 3.8) is 0 Å². The van der Waals surface area contributed by atoms with Crippen molar-refractivity contribution in [1.29, 1.82) is 0 Å². The fourth-order valence-corrected chi connectivity index (χ4v) is 3.01. The van der Waals surface area contributed by atoms with Crippen molar-refractivity contribution in [2.75, 3.05) is 6.61 Å². The highest BCUT2D eigenvalue weighted by Gasteiger charge is 2.18. The van der Waals surface area contributed by atoms with Crippen LogP contribution in [0.15, 0.2) is 36.5 Å². The Bertz CT molecular complexity index is 735. The fraction of sp³-hybridized carbons (Fsp3) is 0.583. The van der Waals surface area contributed by atoms with E-state index in [1.165, 1.54) is 25.7 Å². The maximum absolute atomic E-state index is 11.8. The lowest BCUT2D eigenvalue weighted by molar-refractivity contribution is -0.390. The molecule has 0 unspecified atom stereocenters. The SMILES string of the molecule is CCCCC/C=C\C/C=C\C/C=C\CCCCC(=O)OCCc1nc(C)[nH]c1[N+](=O)[O-]. The molecule has 0 amide bonds. The summed E-state index contributed by atoms with van der Waals surface area (Å²) in [6.45, 7) is 3.98. The molecule has 1 N–H and O–H groups in total. The number of hydrogen-bond donors (Lipinski definition) is 1. The molecule has 0 aliphatic heterocycles. The molecule has 31 heavy (non-hydrogen) atoms. The number of rotatable bonds is 17. The largest absolute Gasteiger partial charge is 0.465 e. The molecule has 1 heterocycles. The van der Waals surface area contributed by atoms with E-state index in [1.807, 2.05) is 0 Å². The molecule has 1 rings (SSSR count). The number of ether oxygens (including phenoxy) is 1. The lowest BCUT2D eigenvalue weighted by Gasteiger charge is -2.03. The van der Waals surface area contributed by atoms with Crippen LogP contribution in [0.2, 0.25) is 0 Å². The fourth-order valence-electron chi connectivity index (χ4n) is 3.01. The number of aromatic nitrogens is 2. The molecule has 0 saturated carbocycles. The van der Waals surface area contributed by atoms with Crippen LogP contribution in [0.1, 0.15) is 82.7 Å². The Hall–Kier alpha value is -2.70. The van der Waals surface area contributed by atoms with Crippen LogP contribution < -0.4 is 0 Å². The monoisotopic (exact) mass is 431 g/mol. The summed E-state index contributed by atoms with van der Waals surface area (Å²) in [5.41, 5.74) is 0.317. The van der Waals surface area contributed by atoms with Gasteiger partial charge in [-0.15, -0.1) is 0 Å². The summed E-state index contributed by atoms with van der Waals surface area (Å²) in [4.78, 5) is 28.9. The van der Waals surface area contributed by atoms with Crippen LogP contribution >= 0.6 is 0 Å². The number of hydrogen-bond acceptors (Lipinski definition) is 5.